The van der Waals surface area contributed by atoms with Gasteiger partial charge in [-0.1, -0.05) is 0 Å². The average Bonchev–Trinajstić information content (AvgIpc) is 2.48. The molecule has 21 heavy (non-hydrogen) atoms. The normalized spacial score (nSPS) is 17.0. The molecule has 114 valence electrons. The van der Waals surface area contributed by atoms with Crippen LogP contribution in [0.5, 0.6) is 0 Å². The molecular formula is C14H20ClN5O. The third-order valence-corrected chi connectivity index (χ3v) is 3.78. The van der Waals surface area contributed by atoms with Gasteiger partial charge in [0.1, 0.15) is 5.84 Å². The van der Waals surface area contributed by atoms with Gasteiger partial charge < -0.3 is 21.3 Å². The Morgan fingerprint density at radius 3 is 2.52 bits per heavy atom. The fourth-order valence-electron chi connectivity index (χ4n) is 2.27. The van der Waals surface area contributed by atoms with Crippen LogP contribution in [0.25, 0.3) is 0 Å². The Balaban J connectivity index is 2.37. The molecule has 0 unspecified atom stereocenters. The number of aliphatic imine (C=N–C) groups is 1. The quantitative estimate of drug-likeness (QED) is 0.488. The number of amides is 1. The number of benzene rings is 1. The van der Waals surface area contributed by atoms with E-state index in [0.717, 1.165) is 31.9 Å². The topological polar surface area (TPSA) is 88.0 Å². The summed E-state index contributed by atoms with van der Waals surface area (Å²) in [7, 11) is 2.10. The fourth-order valence-corrected chi connectivity index (χ4v) is 2.33. The molecule has 7 heteroatoms. The second-order valence-electron chi connectivity index (χ2n) is 5.09. The second-order valence-corrected chi connectivity index (χ2v) is 5.36. The summed E-state index contributed by atoms with van der Waals surface area (Å²) < 4.78 is 0. The molecule has 6 nitrogen and oxygen atoms in total. The van der Waals surface area contributed by atoms with E-state index < -0.39 is 5.91 Å². The number of primary amides is 1. The number of carbonyl (C=O) groups is 1. The van der Waals surface area contributed by atoms with Crippen LogP contribution in [-0.2, 0) is 0 Å². The summed E-state index contributed by atoms with van der Waals surface area (Å²) in [5, 5.41) is 0. The smallest absolute Gasteiger partial charge is 0.248 e. The molecule has 1 amide bonds. The van der Waals surface area contributed by atoms with Crippen molar-refractivity contribution in [2.75, 3.05) is 44.0 Å². The predicted molar refractivity (Wildman–Crippen MR) is 86.7 cm³/mol. The number of nitrogens with zero attached hydrogens (tertiary/aromatic N) is 3. The van der Waals surface area contributed by atoms with Crippen molar-refractivity contribution in [3.63, 3.8) is 0 Å². The maximum Gasteiger partial charge on any atom is 0.248 e. The molecule has 0 radical (unpaired) electrons. The number of hydrogen-bond acceptors (Lipinski definition) is 4. The molecule has 1 aromatic carbocycles. The van der Waals surface area contributed by atoms with Gasteiger partial charge in [-0.05, 0) is 25.2 Å². The molecule has 0 aromatic heterocycles. The van der Waals surface area contributed by atoms with Crippen molar-refractivity contribution >= 4 is 34.7 Å². The zero-order valence-electron chi connectivity index (χ0n) is 12.1. The molecular weight excluding hydrogens is 290 g/mol. The Labute approximate surface area is 129 Å². The standard InChI is InChI=1S/C14H20ClN5O/c1-19-4-6-20(7-5-19)12-3-2-10(14(17)21)8-11(12)18-13(16)9-15/h2-3,8H,4-7,9H2,1H3,(H2,16,18)(H2,17,21). The van der Waals surface area contributed by atoms with Gasteiger partial charge in [-0.25, -0.2) is 4.99 Å². The van der Waals surface area contributed by atoms with Crippen molar-refractivity contribution in [2.24, 2.45) is 16.5 Å². The monoisotopic (exact) mass is 309 g/mol. The summed E-state index contributed by atoms with van der Waals surface area (Å²) in [5.41, 5.74) is 13.0. The third kappa shape index (κ3) is 3.86. The zero-order chi connectivity index (χ0) is 15.4. The molecule has 0 atom stereocenters. The molecule has 1 aliphatic rings. The summed E-state index contributed by atoms with van der Waals surface area (Å²) in [4.78, 5) is 20.1. The highest BCUT2D eigenvalue weighted by molar-refractivity contribution is 6.28. The maximum absolute atomic E-state index is 11.3. The van der Waals surface area contributed by atoms with Crippen molar-refractivity contribution in [3.8, 4) is 0 Å². The van der Waals surface area contributed by atoms with Crippen LogP contribution in [0.2, 0.25) is 0 Å². The second kappa shape index (κ2) is 6.78. The fraction of sp³-hybridized carbons (Fsp3) is 0.429. The summed E-state index contributed by atoms with van der Waals surface area (Å²) in [6.07, 6.45) is 0. The van der Waals surface area contributed by atoms with E-state index in [9.17, 15) is 4.79 Å². The van der Waals surface area contributed by atoms with Gasteiger partial charge in [-0.3, -0.25) is 4.79 Å². The number of amidine groups is 1. The van der Waals surface area contributed by atoms with Gasteiger partial charge in [0.25, 0.3) is 0 Å². The zero-order valence-corrected chi connectivity index (χ0v) is 12.8. The van der Waals surface area contributed by atoms with E-state index >= 15 is 0 Å². The number of alkyl halides is 1. The van der Waals surface area contributed by atoms with Crippen molar-refractivity contribution in [3.05, 3.63) is 23.8 Å². The minimum atomic E-state index is -0.485. The average molecular weight is 310 g/mol. The van der Waals surface area contributed by atoms with Crippen molar-refractivity contribution in [1.82, 2.24) is 4.90 Å². The van der Waals surface area contributed by atoms with Crippen molar-refractivity contribution < 1.29 is 4.79 Å². The number of piperazine rings is 1. The van der Waals surface area contributed by atoms with E-state index in [1.807, 2.05) is 6.07 Å². The lowest BCUT2D eigenvalue weighted by Gasteiger charge is -2.34. The highest BCUT2D eigenvalue weighted by atomic mass is 35.5. The molecule has 1 aromatic rings. The van der Waals surface area contributed by atoms with Gasteiger partial charge in [0.2, 0.25) is 5.91 Å². The SMILES string of the molecule is CN1CCN(c2ccc(C(N)=O)cc2N=C(N)CCl)CC1. The Kier molecular flexibility index (Phi) is 5.03. The molecule has 0 saturated carbocycles. The third-order valence-electron chi connectivity index (χ3n) is 3.50. The van der Waals surface area contributed by atoms with Crippen LogP contribution in [0.15, 0.2) is 23.2 Å². The first-order valence-electron chi connectivity index (χ1n) is 6.77. The van der Waals surface area contributed by atoms with E-state index in [1.54, 1.807) is 12.1 Å². The summed E-state index contributed by atoms with van der Waals surface area (Å²) >= 11 is 5.69. The van der Waals surface area contributed by atoms with Crippen LogP contribution in [0.1, 0.15) is 10.4 Å². The number of anilines is 1. The Morgan fingerprint density at radius 2 is 1.95 bits per heavy atom. The number of hydrogen-bond donors (Lipinski definition) is 2. The van der Waals surface area contributed by atoms with Crippen molar-refractivity contribution in [1.29, 1.82) is 0 Å². The van der Waals surface area contributed by atoms with Crippen LogP contribution in [0.4, 0.5) is 11.4 Å². The lowest BCUT2D eigenvalue weighted by atomic mass is 10.1. The molecule has 1 fully saturated rings. The van der Waals surface area contributed by atoms with Gasteiger partial charge in [0.15, 0.2) is 0 Å². The van der Waals surface area contributed by atoms with E-state index in [-0.39, 0.29) is 5.88 Å². The number of likely N-dealkylation sites (N-methyl/N-ethyl adjacent to an activating group) is 1. The van der Waals surface area contributed by atoms with E-state index in [4.69, 9.17) is 23.1 Å². The molecule has 0 bridgehead atoms. The summed E-state index contributed by atoms with van der Waals surface area (Å²) in [6.45, 7) is 3.75. The van der Waals surface area contributed by atoms with Gasteiger partial charge in [0.05, 0.1) is 17.3 Å². The van der Waals surface area contributed by atoms with Gasteiger partial charge in [0, 0.05) is 31.7 Å². The molecule has 4 N–H and O–H groups in total. The van der Waals surface area contributed by atoms with Gasteiger partial charge in [-0.2, -0.15) is 0 Å². The lowest BCUT2D eigenvalue weighted by Crippen LogP contribution is -2.44. The number of rotatable bonds is 4. The number of nitrogens with two attached hydrogens (primary N) is 2. The van der Waals surface area contributed by atoms with Gasteiger partial charge >= 0.3 is 0 Å². The largest absolute Gasteiger partial charge is 0.386 e. The van der Waals surface area contributed by atoms with E-state index in [0.29, 0.717) is 17.1 Å². The van der Waals surface area contributed by atoms with Crippen LogP contribution < -0.4 is 16.4 Å². The molecule has 0 spiro atoms. The minimum absolute atomic E-state index is 0.142. The maximum atomic E-state index is 11.3. The predicted octanol–water partition coefficient (Wildman–Crippen LogP) is 0.765. The van der Waals surface area contributed by atoms with Gasteiger partial charge in [-0.15, -0.1) is 11.6 Å². The highest BCUT2D eigenvalue weighted by Crippen LogP contribution is 2.30. The van der Waals surface area contributed by atoms with Crippen LogP contribution in [0.3, 0.4) is 0 Å². The molecule has 2 rings (SSSR count). The number of carbonyl (C=O) groups excluding carboxylic acids is 1. The first-order valence-corrected chi connectivity index (χ1v) is 7.31. The van der Waals surface area contributed by atoms with E-state index in [2.05, 4.69) is 21.8 Å². The summed E-state index contributed by atoms with van der Waals surface area (Å²) in [6, 6.07) is 5.24. The Bertz CT molecular complexity index is 552. The van der Waals surface area contributed by atoms with Crippen LogP contribution >= 0.6 is 11.6 Å². The first kappa shape index (κ1) is 15.6. The number of halogens is 1. The summed E-state index contributed by atoms with van der Waals surface area (Å²) in [5.74, 6) is -0.0299. The minimum Gasteiger partial charge on any atom is -0.386 e. The Hall–Kier alpha value is -1.79. The lowest BCUT2D eigenvalue weighted by molar-refractivity contribution is 0.100. The highest BCUT2D eigenvalue weighted by Gasteiger charge is 2.18. The van der Waals surface area contributed by atoms with Crippen LogP contribution in [0, 0.1) is 0 Å². The molecule has 1 aliphatic heterocycles. The van der Waals surface area contributed by atoms with Crippen molar-refractivity contribution in [2.45, 2.75) is 0 Å². The first-order chi connectivity index (χ1) is 10.0. The van der Waals surface area contributed by atoms with E-state index in [1.165, 1.54) is 0 Å². The molecule has 1 saturated heterocycles. The Morgan fingerprint density at radius 1 is 1.29 bits per heavy atom. The molecule has 0 aliphatic carbocycles. The van der Waals surface area contributed by atoms with Crippen LogP contribution in [-0.4, -0.2) is 55.7 Å². The molecule has 1 heterocycles.